The van der Waals surface area contributed by atoms with Crippen LogP contribution >= 0.6 is 0 Å². The van der Waals surface area contributed by atoms with Crippen LogP contribution in [0.5, 0.6) is 0 Å². The topological polar surface area (TPSA) is 75.6 Å². The van der Waals surface area contributed by atoms with Gasteiger partial charge in [-0.25, -0.2) is 0 Å². The van der Waals surface area contributed by atoms with Crippen LogP contribution in [0.4, 0.5) is 26.3 Å². The molecule has 0 aromatic heterocycles. The predicted molar refractivity (Wildman–Crippen MR) is 185 cm³/mol. The zero-order chi connectivity index (χ0) is 38.9. The molecule has 4 aliphatic carbocycles. The average molecular weight is 771 g/mol. The average Bonchev–Trinajstić information content (AvgIpc) is 3.49. The third-order valence-electron chi connectivity index (χ3n) is 16.0. The fourth-order valence-electron chi connectivity index (χ4n) is 11.1. The molecule has 0 radical (unpaired) electrons. The molecule has 2 saturated heterocycles. The molecule has 7 nitrogen and oxygen atoms in total. The molecule has 0 amide bonds. The van der Waals surface area contributed by atoms with Crippen molar-refractivity contribution in [3.63, 3.8) is 0 Å². The van der Waals surface area contributed by atoms with Crippen molar-refractivity contribution >= 4 is 0 Å². The lowest BCUT2D eigenvalue weighted by Gasteiger charge is -2.53. The summed E-state index contributed by atoms with van der Waals surface area (Å²) in [5, 5.41) is 11.0. The summed E-state index contributed by atoms with van der Waals surface area (Å²) in [4.78, 5) is 0. The predicted octanol–water partition coefficient (Wildman–Crippen LogP) is 8.83. The molecule has 4 bridgehead atoms. The molecule has 13 heteroatoms. The van der Waals surface area contributed by atoms with E-state index in [9.17, 15) is 5.11 Å². The molecule has 4 saturated carbocycles. The second kappa shape index (κ2) is 14.3. The maximum Gasteiger partial charge on any atom is 0.397 e. The second-order valence-electron chi connectivity index (χ2n) is 19.0. The highest BCUT2D eigenvalue weighted by Gasteiger charge is 2.70. The van der Waals surface area contributed by atoms with Crippen molar-refractivity contribution in [3.8, 4) is 0 Å². The number of aliphatic hydroxyl groups excluding tert-OH is 1. The third-order valence-corrected chi connectivity index (χ3v) is 16.0. The van der Waals surface area contributed by atoms with Crippen molar-refractivity contribution in [2.45, 2.75) is 167 Å². The Kier molecular flexibility index (Phi) is 11.3. The van der Waals surface area contributed by atoms with E-state index in [2.05, 4.69) is 6.92 Å². The van der Waals surface area contributed by atoms with Crippen LogP contribution in [0.3, 0.4) is 0 Å². The van der Waals surface area contributed by atoms with Crippen LogP contribution in [0.15, 0.2) is 0 Å². The molecule has 9 atom stereocenters. The number of alkyl halides is 6. The van der Waals surface area contributed by atoms with Gasteiger partial charge in [0.15, 0.2) is 0 Å². The third kappa shape index (κ3) is 6.81. The molecular formula is C40H64F6O7. The zero-order valence-electron chi connectivity index (χ0n) is 32.9. The summed E-state index contributed by atoms with van der Waals surface area (Å²) >= 11 is 0. The van der Waals surface area contributed by atoms with E-state index in [1.165, 1.54) is 0 Å². The monoisotopic (exact) mass is 770 g/mol. The Labute approximate surface area is 311 Å². The Morgan fingerprint density at radius 3 is 1.57 bits per heavy atom. The van der Waals surface area contributed by atoms with Gasteiger partial charge in [-0.05, 0) is 110 Å². The van der Waals surface area contributed by atoms with E-state index in [1.807, 2.05) is 27.7 Å². The quantitative estimate of drug-likeness (QED) is 0.157. The van der Waals surface area contributed by atoms with Crippen LogP contribution in [-0.4, -0.2) is 99.3 Å². The van der Waals surface area contributed by atoms with Gasteiger partial charge in [0, 0.05) is 16.2 Å². The van der Waals surface area contributed by atoms with Crippen molar-refractivity contribution < 1.29 is 59.9 Å². The maximum absolute atomic E-state index is 15.3. The molecule has 308 valence electrons. The normalized spacial score (nSPS) is 37.9. The molecular weight excluding hydrogens is 706 g/mol. The summed E-state index contributed by atoms with van der Waals surface area (Å²) in [7, 11) is 0. The molecule has 6 rings (SSSR count). The minimum absolute atomic E-state index is 0.0887. The van der Waals surface area contributed by atoms with E-state index in [-0.39, 0.29) is 74.4 Å². The Bertz CT molecular complexity index is 1260. The Morgan fingerprint density at radius 1 is 0.660 bits per heavy atom. The first-order valence-electron chi connectivity index (χ1n) is 20.1. The van der Waals surface area contributed by atoms with Crippen molar-refractivity contribution in [3.05, 3.63) is 0 Å². The van der Waals surface area contributed by atoms with Crippen molar-refractivity contribution in [2.24, 2.45) is 38.9 Å². The number of halogens is 6. The van der Waals surface area contributed by atoms with Gasteiger partial charge in [0.2, 0.25) is 0 Å². The lowest BCUT2D eigenvalue weighted by molar-refractivity contribution is -0.283. The molecule has 0 spiro atoms. The van der Waals surface area contributed by atoms with Gasteiger partial charge in [-0.1, -0.05) is 20.8 Å². The molecule has 1 N–H and O–H groups in total. The smallest absolute Gasteiger partial charge is 0.396 e. The number of rotatable bonds is 16. The van der Waals surface area contributed by atoms with Crippen LogP contribution in [0.25, 0.3) is 0 Å². The van der Waals surface area contributed by atoms with E-state index in [0.29, 0.717) is 45.7 Å². The van der Waals surface area contributed by atoms with Crippen LogP contribution < -0.4 is 0 Å². The van der Waals surface area contributed by atoms with Gasteiger partial charge in [-0.3, -0.25) is 0 Å². The summed E-state index contributed by atoms with van der Waals surface area (Å²) in [6, 6.07) is 0. The first-order valence-corrected chi connectivity index (χ1v) is 20.1. The first kappa shape index (κ1) is 41.9. The molecule has 0 aromatic carbocycles. The molecule has 9 unspecified atom stereocenters. The van der Waals surface area contributed by atoms with Crippen LogP contribution in [-0.2, 0) is 28.4 Å². The lowest BCUT2D eigenvalue weighted by atomic mass is 9.69. The van der Waals surface area contributed by atoms with Crippen LogP contribution in [0.2, 0.25) is 0 Å². The van der Waals surface area contributed by atoms with Crippen molar-refractivity contribution in [2.75, 3.05) is 46.2 Å². The van der Waals surface area contributed by atoms with E-state index in [1.54, 1.807) is 13.8 Å². The van der Waals surface area contributed by atoms with Gasteiger partial charge in [0.05, 0.1) is 92.7 Å². The highest BCUT2D eigenvalue weighted by molar-refractivity contribution is 5.11. The minimum atomic E-state index is -4.55. The van der Waals surface area contributed by atoms with E-state index < -0.39 is 70.8 Å². The highest BCUT2D eigenvalue weighted by Crippen LogP contribution is 2.64. The fourth-order valence-corrected chi connectivity index (χ4v) is 11.1. The van der Waals surface area contributed by atoms with Crippen molar-refractivity contribution in [1.29, 1.82) is 0 Å². The Morgan fingerprint density at radius 2 is 1.17 bits per heavy atom. The molecule has 6 aliphatic rings. The van der Waals surface area contributed by atoms with Crippen molar-refractivity contribution in [1.82, 2.24) is 0 Å². The van der Waals surface area contributed by atoms with E-state index >= 15 is 26.3 Å². The minimum Gasteiger partial charge on any atom is -0.396 e. The Hall–Kier alpha value is -0.700. The second-order valence-corrected chi connectivity index (χ2v) is 19.0. The van der Waals surface area contributed by atoms with Gasteiger partial charge in [0.1, 0.15) is 0 Å². The fraction of sp³-hybridized carbons (Fsp3) is 1.00. The number of hydrogen-bond donors (Lipinski definition) is 1. The lowest BCUT2D eigenvalue weighted by Crippen LogP contribution is -2.59. The summed E-state index contributed by atoms with van der Waals surface area (Å²) in [5.41, 5.74) is -7.71. The van der Waals surface area contributed by atoms with Crippen LogP contribution in [0, 0.1) is 38.9 Å². The van der Waals surface area contributed by atoms with Gasteiger partial charge < -0.3 is 33.5 Å². The van der Waals surface area contributed by atoms with Gasteiger partial charge in [-0.2, -0.15) is 26.3 Å². The highest BCUT2D eigenvalue weighted by atomic mass is 19.4. The number of fused-ring (bicyclic) bond motifs is 4. The molecule has 53 heavy (non-hydrogen) atoms. The first-order chi connectivity index (χ1) is 24.6. The number of hydrogen-bond acceptors (Lipinski definition) is 7. The molecule has 2 heterocycles. The standard InChI is InChI=1S/C40H64F6O7/c1-8-34(20-48-21-34)22-50-30-13-11-26-15-37(30,39(41,42)43)17-28(26)52-32(4,5)35(9-2,19-47)25-51-31-14-12-27-16-38(31,40(44,45)46)18-29(27)53-33(6,7)36(10-3)23-49-24-36/h26-31,47H,8-25H2,1-7H3. The largest absolute Gasteiger partial charge is 0.397 e. The summed E-state index contributed by atoms with van der Waals surface area (Å²) in [6.45, 7) is 14.8. The summed E-state index contributed by atoms with van der Waals surface area (Å²) < 4.78 is 128. The van der Waals surface area contributed by atoms with Gasteiger partial charge >= 0.3 is 12.4 Å². The number of aliphatic hydroxyl groups is 1. The van der Waals surface area contributed by atoms with E-state index in [0.717, 1.165) is 12.8 Å². The van der Waals surface area contributed by atoms with Crippen LogP contribution in [0.1, 0.15) is 119 Å². The molecule has 6 fully saturated rings. The number of ether oxygens (including phenoxy) is 6. The van der Waals surface area contributed by atoms with Gasteiger partial charge in [0.25, 0.3) is 0 Å². The SMILES string of the molecule is CCC1(COC2CCC3CC2(C(F)(F)F)CC3OC(C)(C)C(CC)(CO)COC2CCC3CC2(C(F)(F)F)CC3OC(C)(C)C2(CC)COC2)COC1. The Balaban J connectivity index is 1.16. The molecule has 0 aromatic rings. The van der Waals surface area contributed by atoms with E-state index in [4.69, 9.17) is 28.4 Å². The molecule has 2 aliphatic heterocycles. The summed E-state index contributed by atoms with van der Waals surface area (Å²) in [5.74, 6) is -0.622. The maximum atomic E-state index is 15.3. The van der Waals surface area contributed by atoms with Gasteiger partial charge in [-0.15, -0.1) is 0 Å². The zero-order valence-corrected chi connectivity index (χ0v) is 32.9. The summed E-state index contributed by atoms with van der Waals surface area (Å²) in [6.07, 6.45) is -9.84.